The fraction of sp³-hybridized carbons (Fsp3) is 0.423. The molecule has 1 aromatic heterocycles. The lowest BCUT2D eigenvalue weighted by atomic mass is 9.79. The molecule has 0 bridgehead atoms. The van der Waals surface area contributed by atoms with Gasteiger partial charge < -0.3 is 15.2 Å². The number of carbonyl (C=O) groups is 1. The third-order valence-electron chi connectivity index (χ3n) is 5.51. The van der Waals surface area contributed by atoms with Gasteiger partial charge >= 0.3 is 0 Å². The number of nitrogens with zero attached hydrogens (tertiary/aromatic N) is 2. The first-order valence-electron chi connectivity index (χ1n) is 11.1. The fourth-order valence-corrected chi connectivity index (χ4v) is 3.55. The van der Waals surface area contributed by atoms with Gasteiger partial charge in [-0.3, -0.25) is 9.79 Å². The van der Waals surface area contributed by atoms with Crippen LogP contribution in [0.3, 0.4) is 0 Å². The van der Waals surface area contributed by atoms with Gasteiger partial charge in [-0.05, 0) is 68.9 Å². The summed E-state index contributed by atoms with van der Waals surface area (Å²) in [5, 5.41) is 13.1. The Kier molecular flexibility index (Phi) is 9.14. The van der Waals surface area contributed by atoms with Crippen molar-refractivity contribution < 1.29 is 14.6 Å². The molecule has 1 amide bonds. The third-order valence-corrected chi connectivity index (χ3v) is 5.51. The van der Waals surface area contributed by atoms with E-state index in [1.54, 1.807) is 37.5 Å². The lowest BCUT2D eigenvalue weighted by Gasteiger charge is -2.32. The average molecular weight is 438 g/mol. The molecule has 6 heteroatoms. The number of hydrogen-bond donors (Lipinski definition) is 2. The Morgan fingerprint density at radius 2 is 2.12 bits per heavy atom. The first-order chi connectivity index (χ1) is 15.3. The summed E-state index contributed by atoms with van der Waals surface area (Å²) in [6.45, 7) is 12.1. The van der Waals surface area contributed by atoms with E-state index < -0.39 is 5.60 Å². The number of nitrogens with one attached hydrogen (secondary N) is 1. The van der Waals surface area contributed by atoms with E-state index in [1.807, 2.05) is 33.8 Å². The molecule has 0 radical (unpaired) electrons. The van der Waals surface area contributed by atoms with Crippen LogP contribution in [0.25, 0.3) is 0 Å². The standard InChI is InChI=1S/C24H29N3O3.C2H6/c1-16-7-12-19(14-21(16)25-4)30-23-20(6-5-13-26-23)22(28)27-15-17-8-10-18(11-9-17)24(2,3)29;1-2/h5-8,12-14,18,29H,1,9-11,15H2,2-4H3,(H,27,28);1-2H3. The van der Waals surface area contributed by atoms with Crippen molar-refractivity contribution in [2.75, 3.05) is 13.6 Å². The number of amides is 1. The SMILES string of the molecule is C=C1C=CC(Oc2ncccc2C(=O)NCC2=CCC(C(C)(C)O)CC2)=CC1=NC.CC. The molecule has 2 aliphatic rings. The van der Waals surface area contributed by atoms with E-state index in [-0.39, 0.29) is 17.7 Å². The number of ether oxygens (including phenoxy) is 1. The maximum atomic E-state index is 12.8. The summed E-state index contributed by atoms with van der Waals surface area (Å²) in [7, 11) is 1.69. The molecule has 0 fully saturated rings. The van der Waals surface area contributed by atoms with Crippen LogP contribution < -0.4 is 10.1 Å². The molecule has 1 atom stereocenters. The van der Waals surface area contributed by atoms with Crippen molar-refractivity contribution in [1.29, 1.82) is 0 Å². The minimum atomic E-state index is -0.676. The number of allylic oxidation sites excluding steroid dienone is 5. The van der Waals surface area contributed by atoms with Gasteiger partial charge in [0.05, 0.1) is 11.3 Å². The summed E-state index contributed by atoms with van der Waals surface area (Å²) in [6, 6.07) is 3.40. The van der Waals surface area contributed by atoms with E-state index >= 15 is 0 Å². The molecule has 0 saturated carbocycles. The number of aliphatic hydroxyl groups is 1. The first-order valence-corrected chi connectivity index (χ1v) is 11.1. The largest absolute Gasteiger partial charge is 0.438 e. The molecule has 0 aliphatic heterocycles. The van der Waals surface area contributed by atoms with Gasteiger partial charge in [-0.1, -0.05) is 32.1 Å². The van der Waals surface area contributed by atoms with Crippen molar-refractivity contribution in [1.82, 2.24) is 10.3 Å². The predicted molar refractivity (Wildman–Crippen MR) is 130 cm³/mol. The average Bonchev–Trinajstić information content (AvgIpc) is 2.80. The maximum Gasteiger partial charge on any atom is 0.257 e. The Balaban J connectivity index is 0.00000176. The fourth-order valence-electron chi connectivity index (χ4n) is 3.55. The Labute approximate surface area is 191 Å². The Hall–Kier alpha value is -2.99. The molecule has 32 heavy (non-hydrogen) atoms. The van der Waals surface area contributed by atoms with Crippen LogP contribution in [-0.2, 0) is 0 Å². The zero-order valence-electron chi connectivity index (χ0n) is 19.8. The highest BCUT2D eigenvalue weighted by molar-refractivity contribution is 6.11. The summed E-state index contributed by atoms with van der Waals surface area (Å²) in [6.07, 6.45) is 11.7. The molecule has 3 rings (SSSR count). The second kappa shape index (κ2) is 11.6. The smallest absolute Gasteiger partial charge is 0.257 e. The van der Waals surface area contributed by atoms with Gasteiger partial charge in [0.15, 0.2) is 0 Å². The molecule has 172 valence electrons. The van der Waals surface area contributed by atoms with Crippen LogP contribution in [0, 0.1) is 5.92 Å². The lowest BCUT2D eigenvalue weighted by molar-refractivity contribution is 0.0125. The summed E-state index contributed by atoms with van der Waals surface area (Å²) in [4.78, 5) is 21.2. The van der Waals surface area contributed by atoms with Crippen LogP contribution in [-0.4, -0.2) is 40.9 Å². The minimum absolute atomic E-state index is 0.238. The molecular formula is C26H35N3O3. The van der Waals surface area contributed by atoms with Crippen molar-refractivity contribution in [2.24, 2.45) is 10.9 Å². The Morgan fingerprint density at radius 3 is 2.75 bits per heavy atom. The number of pyridine rings is 1. The monoisotopic (exact) mass is 437 g/mol. The molecule has 1 aromatic rings. The first kappa shape index (κ1) is 25.3. The van der Waals surface area contributed by atoms with E-state index in [0.717, 1.165) is 30.5 Å². The van der Waals surface area contributed by atoms with Crippen LogP contribution in [0.5, 0.6) is 5.88 Å². The van der Waals surface area contributed by atoms with E-state index in [9.17, 15) is 9.90 Å². The number of aliphatic imine (C=N–C) groups is 1. The van der Waals surface area contributed by atoms with Gasteiger partial charge in [0, 0.05) is 25.9 Å². The van der Waals surface area contributed by atoms with Crippen LogP contribution in [0.4, 0.5) is 0 Å². The number of hydrogen-bond acceptors (Lipinski definition) is 5. The number of rotatable bonds is 6. The van der Waals surface area contributed by atoms with Crippen molar-refractivity contribution in [3.05, 3.63) is 71.7 Å². The van der Waals surface area contributed by atoms with E-state index in [4.69, 9.17) is 4.74 Å². The van der Waals surface area contributed by atoms with Crippen molar-refractivity contribution >= 4 is 11.6 Å². The topological polar surface area (TPSA) is 83.8 Å². The molecule has 0 spiro atoms. The molecular weight excluding hydrogens is 402 g/mol. The van der Waals surface area contributed by atoms with Crippen molar-refractivity contribution in [2.45, 2.75) is 52.6 Å². The Bertz CT molecular complexity index is 949. The molecule has 6 nitrogen and oxygen atoms in total. The van der Waals surface area contributed by atoms with Gasteiger partial charge in [0.25, 0.3) is 5.91 Å². The summed E-state index contributed by atoms with van der Waals surface area (Å²) >= 11 is 0. The van der Waals surface area contributed by atoms with Gasteiger partial charge in [0.2, 0.25) is 5.88 Å². The maximum absolute atomic E-state index is 12.8. The van der Waals surface area contributed by atoms with E-state index in [2.05, 4.69) is 27.9 Å². The van der Waals surface area contributed by atoms with Gasteiger partial charge in [-0.2, -0.15) is 0 Å². The number of carbonyl (C=O) groups excluding carboxylic acids is 1. The van der Waals surface area contributed by atoms with Crippen molar-refractivity contribution in [3.63, 3.8) is 0 Å². The molecule has 1 unspecified atom stereocenters. The zero-order valence-corrected chi connectivity index (χ0v) is 19.8. The quantitative estimate of drug-likeness (QED) is 0.627. The summed E-state index contributed by atoms with van der Waals surface area (Å²) in [5.74, 6) is 0.800. The van der Waals surface area contributed by atoms with E-state index in [1.165, 1.54) is 5.57 Å². The normalized spacial score (nSPS) is 19.5. The predicted octanol–water partition coefficient (Wildman–Crippen LogP) is 4.79. The minimum Gasteiger partial charge on any atom is -0.438 e. The third kappa shape index (κ3) is 6.76. The highest BCUT2D eigenvalue weighted by Gasteiger charge is 2.28. The summed E-state index contributed by atoms with van der Waals surface area (Å²) < 4.78 is 5.87. The second-order valence-corrected chi connectivity index (χ2v) is 8.14. The molecule has 1 heterocycles. The second-order valence-electron chi connectivity index (χ2n) is 8.14. The Morgan fingerprint density at radius 1 is 1.38 bits per heavy atom. The van der Waals surface area contributed by atoms with Gasteiger partial charge in [0.1, 0.15) is 11.3 Å². The molecule has 2 N–H and O–H groups in total. The molecule has 0 aromatic carbocycles. The van der Waals surface area contributed by atoms with Gasteiger partial charge in [-0.15, -0.1) is 0 Å². The lowest BCUT2D eigenvalue weighted by Crippen LogP contribution is -2.33. The van der Waals surface area contributed by atoms with Crippen molar-refractivity contribution in [3.8, 4) is 5.88 Å². The molecule has 2 aliphatic carbocycles. The van der Waals surface area contributed by atoms with Crippen LogP contribution in [0.2, 0.25) is 0 Å². The van der Waals surface area contributed by atoms with E-state index in [0.29, 0.717) is 17.9 Å². The van der Waals surface area contributed by atoms with Crippen LogP contribution in [0.1, 0.15) is 57.3 Å². The number of aromatic nitrogens is 1. The molecule has 0 saturated heterocycles. The van der Waals surface area contributed by atoms with Crippen LogP contribution in [0.15, 0.2) is 71.1 Å². The zero-order chi connectivity index (χ0) is 23.7. The highest BCUT2D eigenvalue weighted by Crippen LogP contribution is 2.31. The summed E-state index contributed by atoms with van der Waals surface area (Å²) in [5.41, 5.74) is 2.40. The van der Waals surface area contributed by atoms with Crippen LogP contribution >= 0.6 is 0 Å². The van der Waals surface area contributed by atoms with Gasteiger partial charge in [-0.25, -0.2) is 4.98 Å². The highest BCUT2D eigenvalue weighted by atomic mass is 16.5.